The maximum Gasteiger partial charge on any atom is 0.120 e. The predicted octanol–water partition coefficient (Wildman–Crippen LogP) is 4.00. The van der Waals surface area contributed by atoms with Gasteiger partial charge in [-0.25, -0.2) is 9.97 Å². The van der Waals surface area contributed by atoms with Crippen LogP contribution in [-0.4, -0.2) is 9.97 Å². The lowest BCUT2D eigenvalue weighted by molar-refractivity contribution is 0.660. The van der Waals surface area contributed by atoms with Gasteiger partial charge in [0.15, 0.2) is 0 Å². The molecule has 1 aliphatic rings. The summed E-state index contributed by atoms with van der Waals surface area (Å²) in [7, 11) is 0. The van der Waals surface area contributed by atoms with Crippen molar-refractivity contribution in [2.45, 2.75) is 49.6 Å². The molecule has 2 aromatic heterocycles. The Morgan fingerprint density at radius 3 is 2.67 bits per heavy atom. The monoisotopic (exact) mass is 295 g/mol. The summed E-state index contributed by atoms with van der Waals surface area (Å²) >= 11 is 1.50. The minimum atomic E-state index is 0.668. The molecule has 4 heteroatoms. The van der Waals surface area contributed by atoms with Gasteiger partial charge in [0.2, 0.25) is 0 Å². The van der Waals surface area contributed by atoms with Crippen molar-refractivity contribution in [2.24, 2.45) is 0 Å². The summed E-state index contributed by atoms with van der Waals surface area (Å²) in [6.07, 6.45) is 4.46. The van der Waals surface area contributed by atoms with Gasteiger partial charge in [0, 0.05) is 11.4 Å². The standard InChI is InChI=1S/C17H17N3S/c1-11-7-12(2)19-16(8-11)21-17-14(10-18)9-13-5-3-4-6-15(13)20-17/h7-9H,3-6H2,1-2H3. The van der Waals surface area contributed by atoms with Crippen LogP contribution in [0.5, 0.6) is 0 Å². The molecular formula is C17H17N3S. The van der Waals surface area contributed by atoms with E-state index in [0.717, 1.165) is 34.3 Å². The molecule has 0 amide bonds. The number of aryl methyl sites for hydroxylation is 4. The lowest BCUT2D eigenvalue weighted by Crippen LogP contribution is -2.07. The quantitative estimate of drug-likeness (QED) is 0.840. The molecule has 0 atom stereocenters. The summed E-state index contributed by atoms with van der Waals surface area (Å²) in [5.74, 6) is 0. The molecule has 21 heavy (non-hydrogen) atoms. The highest BCUT2D eigenvalue weighted by molar-refractivity contribution is 7.99. The summed E-state index contributed by atoms with van der Waals surface area (Å²) in [4.78, 5) is 9.27. The van der Waals surface area contributed by atoms with Crippen molar-refractivity contribution in [1.29, 1.82) is 5.26 Å². The van der Waals surface area contributed by atoms with E-state index in [-0.39, 0.29) is 0 Å². The Hall–Kier alpha value is -1.86. The lowest BCUT2D eigenvalue weighted by Gasteiger charge is -2.16. The fraction of sp³-hybridized carbons (Fsp3) is 0.353. The van der Waals surface area contributed by atoms with Gasteiger partial charge in [-0.2, -0.15) is 5.26 Å². The molecular weight excluding hydrogens is 278 g/mol. The first-order valence-corrected chi connectivity index (χ1v) is 8.03. The van der Waals surface area contributed by atoms with Crippen molar-refractivity contribution in [1.82, 2.24) is 9.97 Å². The van der Waals surface area contributed by atoms with Crippen molar-refractivity contribution in [3.8, 4) is 6.07 Å². The van der Waals surface area contributed by atoms with Crippen LogP contribution in [0.2, 0.25) is 0 Å². The van der Waals surface area contributed by atoms with Gasteiger partial charge in [0.1, 0.15) is 16.1 Å². The molecule has 0 radical (unpaired) electrons. The highest BCUT2D eigenvalue weighted by atomic mass is 32.2. The van der Waals surface area contributed by atoms with Gasteiger partial charge in [-0.05, 0) is 80.6 Å². The second-order valence-corrected chi connectivity index (χ2v) is 6.50. The molecule has 1 aliphatic carbocycles. The van der Waals surface area contributed by atoms with Gasteiger partial charge in [0.05, 0.1) is 5.56 Å². The number of aromatic nitrogens is 2. The predicted molar refractivity (Wildman–Crippen MR) is 83.4 cm³/mol. The minimum Gasteiger partial charge on any atom is -0.246 e. The van der Waals surface area contributed by atoms with Gasteiger partial charge < -0.3 is 0 Å². The Labute approximate surface area is 129 Å². The second kappa shape index (κ2) is 5.87. The van der Waals surface area contributed by atoms with E-state index in [1.54, 1.807) is 0 Å². The molecule has 0 aromatic carbocycles. The van der Waals surface area contributed by atoms with Gasteiger partial charge in [-0.3, -0.25) is 0 Å². The van der Waals surface area contributed by atoms with E-state index in [1.165, 1.54) is 35.7 Å². The molecule has 106 valence electrons. The third-order valence-corrected chi connectivity index (χ3v) is 4.58. The highest BCUT2D eigenvalue weighted by Crippen LogP contribution is 2.31. The summed E-state index contributed by atoms with van der Waals surface area (Å²) in [5, 5.41) is 11.1. The summed E-state index contributed by atoms with van der Waals surface area (Å²) in [5.41, 5.74) is 5.25. The lowest BCUT2D eigenvalue weighted by atomic mass is 9.95. The molecule has 0 spiro atoms. The van der Waals surface area contributed by atoms with Crippen LogP contribution >= 0.6 is 11.8 Å². The topological polar surface area (TPSA) is 49.6 Å². The Morgan fingerprint density at radius 2 is 1.90 bits per heavy atom. The number of rotatable bonds is 2. The van der Waals surface area contributed by atoms with E-state index >= 15 is 0 Å². The molecule has 0 unspecified atom stereocenters. The third-order valence-electron chi connectivity index (χ3n) is 3.66. The first kappa shape index (κ1) is 14.1. The zero-order chi connectivity index (χ0) is 14.8. The van der Waals surface area contributed by atoms with E-state index in [9.17, 15) is 5.26 Å². The van der Waals surface area contributed by atoms with Crippen molar-refractivity contribution in [2.75, 3.05) is 0 Å². The molecule has 0 saturated carbocycles. The highest BCUT2D eigenvalue weighted by Gasteiger charge is 2.16. The molecule has 0 fully saturated rings. The van der Waals surface area contributed by atoms with E-state index in [1.807, 2.05) is 19.1 Å². The maximum absolute atomic E-state index is 9.38. The number of hydrogen-bond donors (Lipinski definition) is 0. The van der Waals surface area contributed by atoms with Crippen LogP contribution in [0.15, 0.2) is 28.3 Å². The van der Waals surface area contributed by atoms with Crippen LogP contribution in [0.1, 0.15) is 40.9 Å². The van der Waals surface area contributed by atoms with E-state index in [4.69, 9.17) is 4.98 Å². The number of pyridine rings is 2. The summed E-state index contributed by atoms with van der Waals surface area (Å²) < 4.78 is 0. The molecule has 0 saturated heterocycles. The summed E-state index contributed by atoms with van der Waals surface area (Å²) in [6, 6.07) is 8.40. The van der Waals surface area contributed by atoms with E-state index in [0.29, 0.717) is 5.56 Å². The smallest absolute Gasteiger partial charge is 0.120 e. The summed E-state index contributed by atoms with van der Waals surface area (Å²) in [6.45, 7) is 4.05. The number of nitriles is 1. The average molecular weight is 295 g/mol. The van der Waals surface area contributed by atoms with E-state index in [2.05, 4.69) is 24.0 Å². The van der Waals surface area contributed by atoms with Crippen molar-refractivity contribution < 1.29 is 0 Å². The zero-order valence-electron chi connectivity index (χ0n) is 12.3. The fourth-order valence-electron chi connectivity index (χ4n) is 2.73. The normalized spacial score (nSPS) is 13.6. The minimum absolute atomic E-state index is 0.668. The molecule has 3 nitrogen and oxygen atoms in total. The first-order chi connectivity index (χ1) is 10.2. The number of nitrogens with zero attached hydrogens (tertiary/aromatic N) is 3. The Bertz CT molecular complexity index is 711. The molecule has 0 aliphatic heterocycles. The molecule has 2 aromatic rings. The van der Waals surface area contributed by atoms with Gasteiger partial charge in [0.25, 0.3) is 0 Å². The van der Waals surface area contributed by atoms with Crippen LogP contribution in [-0.2, 0) is 12.8 Å². The Morgan fingerprint density at radius 1 is 1.10 bits per heavy atom. The van der Waals surface area contributed by atoms with Crippen molar-refractivity contribution in [3.63, 3.8) is 0 Å². The van der Waals surface area contributed by atoms with Crippen LogP contribution in [0.25, 0.3) is 0 Å². The Kier molecular flexibility index (Phi) is 3.94. The van der Waals surface area contributed by atoms with E-state index < -0.39 is 0 Å². The van der Waals surface area contributed by atoms with Crippen LogP contribution in [0.3, 0.4) is 0 Å². The third kappa shape index (κ3) is 3.08. The maximum atomic E-state index is 9.38. The van der Waals surface area contributed by atoms with Crippen molar-refractivity contribution >= 4 is 11.8 Å². The molecule has 3 rings (SSSR count). The SMILES string of the molecule is Cc1cc(C)nc(Sc2nc3c(cc2C#N)CCCC3)c1. The largest absolute Gasteiger partial charge is 0.246 e. The first-order valence-electron chi connectivity index (χ1n) is 7.22. The molecule has 0 bridgehead atoms. The van der Waals surface area contributed by atoms with Crippen molar-refractivity contribution in [3.05, 3.63) is 46.3 Å². The van der Waals surface area contributed by atoms with Gasteiger partial charge >= 0.3 is 0 Å². The molecule has 2 heterocycles. The van der Waals surface area contributed by atoms with Gasteiger partial charge in [-0.1, -0.05) is 0 Å². The number of fused-ring (bicyclic) bond motifs is 1. The van der Waals surface area contributed by atoms with Gasteiger partial charge in [-0.15, -0.1) is 0 Å². The van der Waals surface area contributed by atoms with Crippen LogP contribution in [0.4, 0.5) is 0 Å². The molecule has 0 N–H and O–H groups in total. The average Bonchev–Trinajstić information content (AvgIpc) is 2.45. The zero-order valence-corrected chi connectivity index (χ0v) is 13.1. The second-order valence-electron chi connectivity index (χ2n) is 5.49. The fourth-order valence-corrected chi connectivity index (χ4v) is 3.73. The van der Waals surface area contributed by atoms with Crippen LogP contribution in [0, 0.1) is 25.2 Å². The number of hydrogen-bond acceptors (Lipinski definition) is 4. The van der Waals surface area contributed by atoms with Crippen LogP contribution < -0.4 is 0 Å². The Balaban J connectivity index is 1.99.